The molecule has 84 valence electrons. The minimum absolute atomic E-state index is 0.178. The fourth-order valence-corrected chi connectivity index (χ4v) is 0.745. The summed E-state index contributed by atoms with van der Waals surface area (Å²) in [4.78, 5) is 31.7. The molecule has 0 spiro atoms. The highest BCUT2D eigenvalue weighted by Gasteiger charge is 2.25. The third-order valence-electron chi connectivity index (χ3n) is 1.58. The summed E-state index contributed by atoms with van der Waals surface area (Å²) in [6.07, 6.45) is -0.260. The van der Waals surface area contributed by atoms with Crippen molar-refractivity contribution >= 4 is 17.9 Å². The third kappa shape index (κ3) is 4.80. The van der Waals surface area contributed by atoms with Crippen molar-refractivity contribution in [3.05, 3.63) is 12.2 Å². The van der Waals surface area contributed by atoms with E-state index in [1.165, 1.54) is 6.92 Å². The van der Waals surface area contributed by atoms with Crippen LogP contribution in [0.4, 0.5) is 0 Å². The predicted molar refractivity (Wildman–Crippen MR) is 49.2 cm³/mol. The summed E-state index contributed by atoms with van der Waals surface area (Å²) in [5.41, 5.74) is 0.178. The van der Waals surface area contributed by atoms with E-state index in [1.54, 1.807) is 0 Å². The van der Waals surface area contributed by atoms with E-state index in [0.29, 0.717) is 0 Å². The lowest BCUT2D eigenvalue weighted by molar-refractivity contribution is -0.156. The molecule has 0 bridgehead atoms. The molecule has 15 heavy (non-hydrogen) atoms. The third-order valence-corrected chi connectivity index (χ3v) is 1.58. The first-order chi connectivity index (χ1) is 6.86. The van der Waals surface area contributed by atoms with Gasteiger partial charge in [0.2, 0.25) is 0 Å². The Hall–Kier alpha value is -1.85. The lowest BCUT2D eigenvalue weighted by Gasteiger charge is -2.07. The zero-order valence-corrected chi connectivity index (χ0v) is 8.23. The summed E-state index contributed by atoms with van der Waals surface area (Å²) < 4.78 is 4.57. The van der Waals surface area contributed by atoms with Crippen LogP contribution in [0, 0.1) is 5.92 Å². The molecule has 0 aliphatic carbocycles. The maximum Gasteiger partial charge on any atom is 0.333 e. The van der Waals surface area contributed by atoms with Crippen molar-refractivity contribution in [2.24, 2.45) is 5.92 Å². The van der Waals surface area contributed by atoms with Crippen LogP contribution in [0.15, 0.2) is 12.2 Å². The maximum absolute atomic E-state index is 10.8. The molecule has 0 aromatic carbocycles. The second-order valence-corrected chi connectivity index (χ2v) is 2.93. The Morgan fingerprint density at radius 1 is 1.27 bits per heavy atom. The number of carboxylic acid groups (broad SMARTS) is 2. The number of carboxylic acids is 2. The predicted octanol–water partition coefficient (Wildman–Crippen LogP) is 0.281. The summed E-state index contributed by atoms with van der Waals surface area (Å²) >= 11 is 0. The quantitative estimate of drug-likeness (QED) is 0.375. The van der Waals surface area contributed by atoms with Crippen molar-refractivity contribution in [1.82, 2.24) is 0 Å². The number of rotatable bonds is 6. The normalized spacial score (nSPS) is 9.73. The van der Waals surface area contributed by atoms with Crippen LogP contribution in [-0.4, -0.2) is 34.7 Å². The van der Waals surface area contributed by atoms with E-state index < -0.39 is 23.8 Å². The Bertz CT molecular complexity index is 279. The molecule has 6 heteroatoms. The lowest BCUT2D eigenvalue weighted by Crippen LogP contribution is -2.25. The number of hydrogen-bond donors (Lipinski definition) is 2. The minimum Gasteiger partial charge on any atom is -0.481 e. The van der Waals surface area contributed by atoms with Crippen LogP contribution in [0.1, 0.15) is 13.3 Å². The number of carbonyl (C=O) groups is 3. The average molecular weight is 216 g/mol. The summed E-state index contributed by atoms with van der Waals surface area (Å²) in [5, 5.41) is 17.0. The first-order valence-corrected chi connectivity index (χ1v) is 4.14. The van der Waals surface area contributed by atoms with E-state index in [2.05, 4.69) is 11.3 Å². The van der Waals surface area contributed by atoms with Crippen molar-refractivity contribution in [3.63, 3.8) is 0 Å². The average Bonchev–Trinajstić information content (AvgIpc) is 2.10. The van der Waals surface area contributed by atoms with Gasteiger partial charge in [0, 0.05) is 12.0 Å². The van der Waals surface area contributed by atoms with Crippen LogP contribution < -0.4 is 0 Å². The van der Waals surface area contributed by atoms with E-state index in [0.717, 1.165) is 0 Å². The molecule has 0 aromatic rings. The summed E-state index contributed by atoms with van der Waals surface area (Å²) in [6, 6.07) is 0. The van der Waals surface area contributed by atoms with Crippen LogP contribution in [0.25, 0.3) is 0 Å². The van der Waals surface area contributed by atoms with Crippen LogP contribution >= 0.6 is 0 Å². The van der Waals surface area contributed by atoms with Crippen molar-refractivity contribution in [1.29, 1.82) is 0 Å². The van der Waals surface area contributed by atoms with Gasteiger partial charge in [0.1, 0.15) is 0 Å². The molecule has 2 N–H and O–H groups in total. The van der Waals surface area contributed by atoms with Gasteiger partial charge in [-0.05, 0) is 6.92 Å². The topological polar surface area (TPSA) is 101 Å². The smallest absolute Gasteiger partial charge is 0.333 e. The molecule has 0 saturated carbocycles. The van der Waals surface area contributed by atoms with Gasteiger partial charge >= 0.3 is 17.9 Å². The number of ether oxygens (including phenoxy) is 1. The molecule has 0 unspecified atom stereocenters. The minimum atomic E-state index is -1.55. The first kappa shape index (κ1) is 13.2. The van der Waals surface area contributed by atoms with Gasteiger partial charge in [-0.15, -0.1) is 0 Å². The molecule has 0 amide bonds. The lowest BCUT2D eigenvalue weighted by atomic mass is 10.1. The van der Waals surface area contributed by atoms with Crippen molar-refractivity contribution in [2.75, 3.05) is 6.61 Å². The van der Waals surface area contributed by atoms with E-state index in [4.69, 9.17) is 10.2 Å². The largest absolute Gasteiger partial charge is 0.481 e. The van der Waals surface area contributed by atoms with Crippen LogP contribution in [-0.2, 0) is 19.1 Å². The van der Waals surface area contributed by atoms with Gasteiger partial charge < -0.3 is 14.9 Å². The van der Waals surface area contributed by atoms with Crippen LogP contribution in [0.2, 0.25) is 0 Å². The Kier molecular flexibility index (Phi) is 5.08. The highest BCUT2D eigenvalue weighted by atomic mass is 16.5. The Labute approximate surface area is 86.2 Å². The molecule has 0 radical (unpaired) electrons. The van der Waals surface area contributed by atoms with Crippen molar-refractivity contribution in [3.8, 4) is 0 Å². The van der Waals surface area contributed by atoms with Crippen LogP contribution in [0.5, 0.6) is 0 Å². The number of esters is 1. The molecule has 0 saturated heterocycles. The standard InChI is InChI=1S/C9H12O6/c1-5(2)9(14)15-4-3-6(7(10)11)8(12)13/h6H,1,3-4H2,2H3,(H,10,11)(H,12,13). The second kappa shape index (κ2) is 5.79. The summed E-state index contributed by atoms with van der Waals surface area (Å²) in [7, 11) is 0. The Morgan fingerprint density at radius 2 is 1.73 bits per heavy atom. The van der Waals surface area contributed by atoms with Crippen LogP contribution in [0.3, 0.4) is 0 Å². The molecule has 0 atom stereocenters. The highest BCUT2D eigenvalue weighted by molar-refractivity contribution is 5.92. The molecular weight excluding hydrogens is 204 g/mol. The molecule has 0 fully saturated rings. The van der Waals surface area contributed by atoms with Gasteiger partial charge in [-0.25, -0.2) is 4.79 Å². The highest BCUT2D eigenvalue weighted by Crippen LogP contribution is 2.05. The van der Waals surface area contributed by atoms with E-state index >= 15 is 0 Å². The fraction of sp³-hybridized carbons (Fsp3) is 0.444. The fourth-order valence-electron chi connectivity index (χ4n) is 0.745. The number of aliphatic carboxylic acids is 2. The van der Waals surface area contributed by atoms with Gasteiger partial charge in [0.25, 0.3) is 0 Å². The first-order valence-electron chi connectivity index (χ1n) is 4.14. The van der Waals surface area contributed by atoms with E-state index in [1.807, 2.05) is 0 Å². The van der Waals surface area contributed by atoms with Gasteiger partial charge in [0.15, 0.2) is 5.92 Å². The van der Waals surface area contributed by atoms with Gasteiger partial charge in [-0.3, -0.25) is 9.59 Å². The Morgan fingerprint density at radius 3 is 2.07 bits per heavy atom. The number of carbonyl (C=O) groups excluding carboxylic acids is 1. The molecule has 0 aliphatic heterocycles. The van der Waals surface area contributed by atoms with Gasteiger partial charge in [-0.1, -0.05) is 6.58 Å². The Balaban J connectivity index is 4.03. The van der Waals surface area contributed by atoms with E-state index in [9.17, 15) is 14.4 Å². The monoisotopic (exact) mass is 216 g/mol. The molecular formula is C9H12O6. The van der Waals surface area contributed by atoms with E-state index in [-0.39, 0.29) is 18.6 Å². The summed E-state index contributed by atoms with van der Waals surface area (Å²) in [5.74, 6) is -5.12. The van der Waals surface area contributed by atoms with Gasteiger partial charge in [-0.2, -0.15) is 0 Å². The zero-order chi connectivity index (χ0) is 12.0. The van der Waals surface area contributed by atoms with Crippen molar-refractivity contribution < 1.29 is 29.3 Å². The summed E-state index contributed by atoms with van der Waals surface area (Å²) in [6.45, 7) is 4.50. The van der Waals surface area contributed by atoms with Crippen molar-refractivity contribution in [2.45, 2.75) is 13.3 Å². The molecule has 0 rings (SSSR count). The SMILES string of the molecule is C=C(C)C(=O)OCCC(C(=O)O)C(=O)O. The molecule has 6 nitrogen and oxygen atoms in total. The number of hydrogen-bond acceptors (Lipinski definition) is 4. The molecule has 0 aliphatic rings. The maximum atomic E-state index is 10.8. The van der Waals surface area contributed by atoms with Gasteiger partial charge in [0.05, 0.1) is 6.61 Å². The molecule has 0 heterocycles. The molecule has 0 aromatic heterocycles. The zero-order valence-electron chi connectivity index (χ0n) is 8.23. The second-order valence-electron chi connectivity index (χ2n) is 2.93.